The van der Waals surface area contributed by atoms with Crippen LogP contribution < -0.4 is 10.0 Å². The molecule has 0 radical (unpaired) electrons. The molecule has 0 fully saturated rings. The summed E-state index contributed by atoms with van der Waals surface area (Å²) in [4.78, 5) is 1.11. The number of benzene rings is 1. The van der Waals surface area contributed by atoms with Gasteiger partial charge in [-0.3, -0.25) is 4.72 Å². The lowest BCUT2D eigenvalue weighted by Gasteiger charge is -2.26. The van der Waals surface area contributed by atoms with E-state index in [2.05, 4.69) is 30.0 Å². The predicted molar refractivity (Wildman–Crippen MR) is 117 cm³/mol. The van der Waals surface area contributed by atoms with Gasteiger partial charge < -0.3 is 5.32 Å². The average molecular weight is 429 g/mol. The normalized spacial score (nSPS) is 16.4. The molecular formula is C20H29ClN2O2S2. The molecule has 27 heavy (non-hydrogen) atoms. The Morgan fingerprint density at radius 1 is 1.11 bits per heavy atom. The summed E-state index contributed by atoms with van der Waals surface area (Å²) < 4.78 is 28.4. The number of hydrogen-bond donors (Lipinski definition) is 2. The third-order valence-corrected chi connectivity index (χ3v) is 7.79. The summed E-state index contributed by atoms with van der Waals surface area (Å²) in [6, 6.07) is 10.1. The monoisotopic (exact) mass is 428 g/mol. The molecular weight excluding hydrogens is 400 g/mol. The number of nitrogens with one attached hydrogen (secondary N) is 2. The quantitative estimate of drug-likeness (QED) is 0.636. The smallest absolute Gasteiger partial charge is 0.271 e. The Bertz CT molecular complexity index is 849. The number of fused-ring (bicyclic) bond motifs is 1. The number of thiophene rings is 1. The fraction of sp³-hybridized carbons (Fsp3) is 0.500. The summed E-state index contributed by atoms with van der Waals surface area (Å²) in [7, 11) is -3.50. The molecule has 0 spiro atoms. The molecule has 0 amide bonds. The van der Waals surface area contributed by atoms with Gasteiger partial charge in [0.1, 0.15) is 4.21 Å². The molecule has 1 atom stereocenters. The highest BCUT2D eigenvalue weighted by Gasteiger charge is 2.20. The van der Waals surface area contributed by atoms with Crippen molar-refractivity contribution in [3.05, 3.63) is 46.3 Å². The van der Waals surface area contributed by atoms with E-state index >= 15 is 0 Å². The maximum atomic E-state index is 12.6. The van der Waals surface area contributed by atoms with E-state index in [1.54, 1.807) is 6.07 Å². The van der Waals surface area contributed by atoms with E-state index in [0.717, 1.165) is 49.9 Å². The van der Waals surface area contributed by atoms with Gasteiger partial charge in [-0.2, -0.15) is 0 Å². The zero-order valence-corrected chi connectivity index (χ0v) is 18.4. The molecule has 2 aromatic rings. The van der Waals surface area contributed by atoms with E-state index in [-0.39, 0.29) is 12.4 Å². The van der Waals surface area contributed by atoms with Crippen LogP contribution in [0.4, 0.5) is 5.69 Å². The van der Waals surface area contributed by atoms with Gasteiger partial charge in [-0.05, 0) is 74.0 Å². The Morgan fingerprint density at radius 2 is 1.93 bits per heavy atom. The number of sulfonamides is 1. The molecule has 3 rings (SSSR count). The molecule has 0 aliphatic heterocycles. The van der Waals surface area contributed by atoms with Crippen molar-refractivity contribution in [2.75, 3.05) is 11.3 Å². The number of aryl methyl sites for hydroxylation is 2. The summed E-state index contributed by atoms with van der Waals surface area (Å²) in [5.74, 6) is 0. The lowest BCUT2D eigenvalue weighted by Crippen LogP contribution is -2.35. The molecule has 150 valence electrons. The van der Waals surface area contributed by atoms with Gasteiger partial charge in [0, 0.05) is 16.6 Å². The minimum Gasteiger partial charge on any atom is -0.314 e. The average Bonchev–Trinajstić information content (AvgIpc) is 3.09. The highest BCUT2D eigenvalue weighted by molar-refractivity contribution is 7.94. The minimum atomic E-state index is -3.50. The first-order chi connectivity index (χ1) is 12.5. The van der Waals surface area contributed by atoms with Crippen LogP contribution in [-0.2, 0) is 29.3 Å². The van der Waals surface area contributed by atoms with Gasteiger partial charge in [0.15, 0.2) is 0 Å². The number of hydrogen-bond acceptors (Lipinski definition) is 4. The first-order valence-electron chi connectivity index (χ1n) is 9.48. The number of anilines is 1. The molecule has 1 aromatic heterocycles. The third-order valence-electron chi connectivity index (χ3n) is 4.77. The van der Waals surface area contributed by atoms with E-state index < -0.39 is 10.0 Å². The molecule has 0 unspecified atom stereocenters. The second kappa shape index (κ2) is 9.92. The summed E-state index contributed by atoms with van der Waals surface area (Å²) in [6.07, 6.45) is 6.21. The Labute approximate surface area is 173 Å². The van der Waals surface area contributed by atoms with E-state index in [9.17, 15) is 8.42 Å². The van der Waals surface area contributed by atoms with Crippen LogP contribution in [0.3, 0.4) is 0 Å². The summed E-state index contributed by atoms with van der Waals surface area (Å²) in [6.45, 7) is 5.33. The third kappa shape index (κ3) is 5.70. The van der Waals surface area contributed by atoms with Gasteiger partial charge in [-0.1, -0.05) is 26.3 Å². The van der Waals surface area contributed by atoms with Crippen LogP contribution >= 0.6 is 23.7 Å². The van der Waals surface area contributed by atoms with Crippen molar-refractivity contribution in [3.8, 4) is 0 Å². The highest BCUT2D eigenvalue weighted by Crippen LogP contribution is 2.28. The van der Waals surface area contributed by atoms with Crippen LogP contribution in [0.1, 0.15) is 49.1 Å². The van der Waals surface area contributed by atoms with Crippen LogP contribution in [0.15, 0.2) is 34.5 Å². The summed E-state index contributed by atoms with van der Waals surface area (Å²) >= 11 is 1.36. The van der Waals surface area contributed by atoms with Crippen molar-refractivity contribution < 1.29 is 8.42 Å². The van der Waals surface area contributed by atoms with Gasteiger partial charge in [-0.25, -0.2) is 8.42 Å². The van der Waals surface area contributed by atoms with Crippen molar-refractivity contribution in [1.29, 1.82) is 0 Å². The molecule has 1 aliphatic rings. The lowest BCUT2D eigenvalue weighted by molar-refractivity contribution is 0.459. The lowest BCUT2D eigenvalue weighted by atomic mass is 9.88. The van der Waals surface area contributed by atoms with Crippen LogP contribution in [0.25, 0.3) is 0 Å². The van der Waals surface area contributed by atoms with Crippen molar-refractivity contribution >= 4 is 39.5 Å². The molecule has 1 heterocycles. The summed E-state index contributed by atoms with van der Waals surface area (Å²) in [5, 5.41) is 3.59. The first kappa shape index (κ1) is 22.2. The minimum absolute atomic E-state index is 0. The molecule has 4 nitrogen and oxygen atoms in total. The van der Waals surface area contributed by atoms with Crippen LogP contribution in [0, 0.1) is 0 Å². The highest BCUT2D eigenvalue weighted by atomic mass is 35.5. The zero-order chi connectivity index (χ0) is 18.6. The number of rotatable bonds is 8. The van der Waals surface area contributed by atoms with Crippen LogP contribution in [0.2, 0.25) is 0 Å². The molecule has 1 aromatic carbocycles. The molecule has 0 saturated carbocycles. The van der Waals surface area contributed by atoms with Gasteiger partial charge in [0.05, 0.1) is 0 Å². The van der Waals surface area contributed by atoms with E-state index in [4.69, 9.17) is 0 Å². The summed E-state index contributed by atoms with van der Waals surface area (Å²) in [5.41, 5.74) is 3.25. The van der Waals surface area contributed by atoms with E-state index in [0.29, 0.717) is 15.9 Å². The van der Waals surface area contributed by atoms with Crippen molar-refractivity contribution in [2.45, 2.75) is 62.6 Å². The largest absolute Gasteiger partial charge is 0.314 e. The van der Waals surface area contributed by atoms with E-state index in [1.165, 1.54) is 22.5 Å². The topological polar surface area (TPSA) is 58.2 Å². The molecule has 7 heteroatoms. The molecule has 0 saturated heterocycles. The Morgan fingerprint density at radius 3 is 2.67 bits per heavy atom. The number of halogens is 1. The van der Waals surface area contributed by atoms with Gasteiger partial charge in [0.2, 0.25) is 0 Å². The fourth-order valence-electron chi connectivity index (χ4n) is 3.43. The fourth-order valence-corrected chi connectivity index (χ4v) is 5.94. The SMILES string of the molecule is CCCN[C@H]1CCc2cc(NS(=O)(=O)c3ccc(CCC)s3)ccc2C1.Cl. The van der Waals surface area contributed by atoms with Crippen molar-refractivity contribution in [2.24, 2.45) is 0 Å². The molecule has 1 aliphatic carbocycles. The van der Waals surface area contributed by atoms with Crippen LogP contribution in [0.5, 0.6) is 0 Å². The molecule has 2 N–H and O–H groups in total. The van der Waals surface area contributed by atoms with Crippen LogP contribution in [-0.4, -0.2) is 21.0 Å². The zero-order valence-electron chi connectivity index (χ0n) is 16.0. The second-order valence-electron chi connectivity index (χ2n) is 6.95. The Hall–Kier alpha value is -1.08. The predicted octanol–water partition coefficient (Wildman–Crippen LogP) is 4.78. The molecule has 0 bridgehead atoms. The maximum Gasteiger partial charge on any atom is 0.271 e. The standard InChI is InChI=1S/C20H28N2O2S2.ClH/c1-3-5-19-10-11-20(25-19)26(23,24)22-18-9-7-15-13-17(21-12-4-2)8-6-16(15)14-18;/h7,9-11,14,17,21-22H,3-6,8,12-13H2,1-2H3;1H/t17-;/m0./s1. The first-order valence-corrected chi connectivity index (χ1v) is 11.8. The second-order valence-corrected chi connectivity index (χ2v) is 10.0. The Kier molecular flexibility index (Phi) is 8.16. The van der Waals surface area contributed by atoms with E-state index in [1.807, 2.05) is 18.2 Å². The maximum absolute atomic E-state index is 12.6. The van der Waals surface area contributed by atoms with Crippen molar-refractivity contribution in [1.82, 2.24) is 5.32 Å². The van der Waals surface area contributed by atoms with Gasteiger partial charge in [0.25, 0.3) is 10.0 Å². The van der Waals surface area contributed by atoms with Gasteiger partial charge in [-0.15, -0.1) is 23.7 Å². The Balaban J connectivity index is 0.00000261. The van der Waals surface area contributed by atoms with Crippen molar-refractivity contribution in [3.63, 3.8) is 0 Å². The van der Waals surface area contributed by atoms with Gasteiger partial charge >= 0.3 is 0 Å².